The van der Waals surface area contributed by atoms with Crippen LogP contribution in [0.2, 0.25) is 0 Å². The van der Waals surface area contributed by atoms with Crippen LogP contribution in [0.4, 0.5) is 0 Å². The molecule has 3 nitrogen and oxygen atoms in total. The number of hydrogen-bond acceptors (Lipinski definition) is 2. The van der Waals surface area contributed by atoms with E-state index in [1.807, 2.05) is 30.3 Å². The minimum absolute atomic E-state index is 0.169. The number of aliphatic carboxylic acids is 1. The molecule has 1 N–H and O–H groups in total. The Morgan fingerprint density at radius 1 is 1.25 bits per heavy atom. The maximum atomic E-state index is 12.3. The van der Waals surface area contributed by atoms with Gasteiger partial charge in [0, 0.05) is 18.3 Å². The zero-order valence-corrected chi connectivity index (χ0v) is 12.1. The van der Waals surface area contributed by atoms with Crippen LogP contribution in [0.5, 0.6) is 0 Å². The van der Waals surface area contributed by atoms with Crippen LogP contribution in [0.1, 0.15) is 51.0 Å². The summed E-state index contributed by atoms with van der Waals surface area (Å²) in [6, 6.07) is 9.62. The average Bonchev–Trinajstić information content (AvgIpc) is 2.42. The molecule has 1 aliphatic rings. The third-order valence-electron chi connectivity index (χ3n) is 4.49. The van der Waals surface area contributed by atoms with Gasteiger partial charge in [0.05, 0.1) is 5.41 Å². The third kappa shape index (κ3) is 2.77. The Kier molecular flexibility index (Phi) is 4.26. The number of carbonyl (C=O) groups is 2. The lowest BCUT2D eigenvalue weighted by molar-refractivity contribution is -0.150. The zero-order chi connectivity index (χ0) is 14.8. The van der Waals surface area contributed by atoms with E-state index in [9.17, 15) is 14.7 Å². The van der Waals surface area contributed by atoms with Gasteiger partial charge in [-0.3, -0.25) is 9.59 Å². The molecule has 3 heteroatoms. The summed E-state index contributed by atoms with van der Waals surface area (Å²) in [5.41, 5.74) is 0.0131. The van der Waals surface area contributed by atoms with Crippen LogP contribution in [0.25, 0.3) is 0 Å². The molecule has 1 aliphatic carbocycles. The van der Waals surface area contributed by atoms with Gasteiger partial charge < -0.3 is 5.11 Å². The summed E-state index contributed by atoms with van der Waals surface area (Å²) in [5, 5.41) is 9.58. The number of Topliss-reactive ketones (excluding diaryl/α,β-unsaturated/α-hetero) is 1. The second kappa shape index (κ2) is 5.78. The van der Waals surface area contributed by atoms with Crippen molar-refractivity contribution in [3.63, 3.8) is 0 Å². The molecule has 0 aliphatic heterocycles. The van der Waals surface area contributed by atoms with Crippen molar-refractivity contribution >= 4 is 11.8 Å². The topological polar surface area (TPSA) is 54.4 Å². The van der Waals surface area contributed by atoms with Crippen molar-refractivity contribution in [1.29, 1.82) is 0 Å². The highest BCUT2D eigenvalue weighted by atomic mass is 16.4. The second-order valence-electron chi connectivity index (χ2n) is 6.23. The lowest BCUT2D eigenvalue weighted by Crippen LogP contribution is -2.39. The first-order valence-corrected chi connectivity index (χ1v) is 7.25. The van der Waals surface area contributed by atoms with Crippen molar-refractivity contribution in [2.24, 2.45) is 11.3 Å². The Balaban J connectivity index is 2.44. The molecule has 0 aromatic heterocycles. The Morgan fingerprint density at radius 2 is 1.90 bits per heavy atom. The molecule has 1 aromatic rings. The molecular weight excluding hydrogens is 252 g/mol. The van der Waals surface area contributed by atoms with E-state index in [0.29, 0.717) is 6.42 Å². The molecular formula is C17H22O3. The van der Waals surface area contributed by atoms with Gasteiger partial charge in [-0.2, -0.15) is 0 Å². The fraction of sp³-hybridized carbons (Fsp3) is 0.529. The van der Waals surface area contributed by atoms with Gasteiger partial charge in [-0.15, -0.1) is 0 Å². The number of carboxylic acids is 1. The van der Waals surface area contributed by atoms with Crippen LogP contribution in [0.3, 0.4) is 0 Å². The number of benzene rings is 1. The van der Waals surface area contributed by atoms with Crippen LogP contribution >= 0.6 is 0 Å². The normalized spacial score (nSPS) is 21.5. The van der Waals surface area contributed by atoms with E-state index < -0.39 is 11.4 Å². The Hall–Kier alpha value is -1.64. The lowest BCUT2D eigenvalue weighted by atomic mass is 9.64. The molecule has 0 heterocycles. The summed E-state index contributed by atoms with van der Waals surface area (Å²) >= 11 is 0. The first kappa shape index (κ1) is 14.8. The molecule has 20 heavy (non-hydrogen) atoms. The number of rotatable bonds is 4. The Bertz CT molecular complexity index is 490. The number of ketones is 1. The Labute approximate surface area is 120 Å². The van der Waals surface area contributed by atoms with E-state index >= 15 is 0 Å². The standard InChI is InChI=1S/C17H22O3/c1-17(2,16(19)20)15(12-8-4-3-5-9-12)13-10-6-7-11-14(13)18/h3-5,8-9,13,15H,6-7,10-11H2,1-2H3,(H,19,20)/t13-,15-/m1/s1. The average molecular weight is 274 g/mol. The highest BCUT2D eigenvalue weighted by molar-refractivity contribution is 5.85. The summed E-state index contributed by atoms with van der Waals surface area (Å²) in [6.07, 6.45) is 3.33. The molecule has 108 valence electrons. The van der Waals surface area contributed by atoms with Gasteiger partial charge in [-0.05, 0) is 32.3 Å². The van der Waals surface area contributed by atoms with E-state index in [-0.39, 0.29) is 17.6 Å². The van der Waals surface area contributed by atoms with Gasteiger partial charge in [0.15, 0.2) is 0 Å². The van der Waals surface area contributed by atoms with E-state index in [2.05, 4.69) is 0 Å². The molecule has 1 aromatic carbocycles. The first-order chi connectivity index (χ1) is 9.44. The molecule has 0 radical (unpaired) electrons. The summed E-state index contributed by atoms with van der Waals surface area (Å²) in [5.74, 6) is -1.05. The van der Waals surface area contributed by atoms with Gasteiger partial charge in [0.1, 0.15) is 5.78 Å². The molecule has 1 saturated carbocycles. The van der Waals surface area contributed by atoms with E-state index in [1.165, 1.54) is 0 Å². The van der Waals surface area contributed by atoms with Gasteiger partial charge in [-0.1, -0.05) is 36.8 Å². The predicted octanol–water partition coefficient (Wildman–Crippen LogP) is 3.64. The van der Waals surface area contributed by atoms with E-state index in [4.69, 9.17) is 0 Å². The fourth-order valence-electron chi connectivity index (χ4n) is 3.31. The minimum Gasteiger partial charge on any atom is -0.481 e. The quantitative estimate of drug-likeness (QED) is 0.912. The molecule has 0 amide bonds. The summed E-state index contributed by atoms with van der Waals surface area (Å²) in [4.78, 5) is 24.0. The minimum atomic E-state index is -0.945. The number of carbonyl (C=O) groups excluding carboxylic acids is 1. The smallest absolute Gasteiger partial charge is 0.309 e. The summed E-state index contributed by atoms with van der Waals surface area (Å²) in [6.45, 7) is 3.46. The highest BCUT2D eigenvalue weighted by Crippen LogP contribution is 2.45. The van der Waals surface area contributed by atoms with Crippen molar-refractivity contribution in [2.75, 3.05) is 0 Å². The SMILES string of the molecule is CC(C)(C(=O)O)[C@H](c1ccccc1)[C@@H]1CCCCC1=O. The van der Waals surface area contributed by atoms with Crippen LogP contribution < -0.4 is 0 Å². The molecule has 2 atom stereocenters. The number of hydrogen-bond donors (Lipinski definition) is 1. The molecule has 0 saturated heterocycles. The van der Waals surface area contributed by atoms with Gasteiger partial charge in [0.2, 0.25) is 0 Å². The van der Waals surface area contributed by atoms with Crippen LogP contribution in [0, 0.1) is 11.3 Å². The lowest BCUT2D eigenvalue weighted by Gasteiger charge is -2.38. The number of carboxylic acid groups (broad SMARTS) is 1. The highest BCUT2D eigenvalue weighted by Gasteiger charge is 2.45. The second-order valence-corrected chi connectivity index (χ2v) is 6.23. The van der Waals surface area contributed by atoms with Crippen LogP contribution in [-0.4, -0.2) is 16.9 Å². The molecule has 2 rings (SSSR count). The van der Waals surface area contributed by atoms with E-state index in [0.717, 1.165) is 24.8 Å². The molecule has 0 unspecified atom stereocenters. The summed E-state index contributed by atoms with van der Waals surface area (Å²) in [7, 11) is 0. The van der Waals surface area contributed by atoms with Gasteiger partial charge >= 0.3 is 5.97 Å². The fourth-order valence-corrected chi connectivity index (χ4v) is 3.31. The van der Waals surface area contributed by atoms with Crippen LogP contribution in [0.15, 0.2) is 30.3 Å². The van der Waals surface area contributed by atoms with E-state index in [1.54, 1.807) is 13.8 Å². The van der Waals surface area contributed by atoms with Crippen LogP contribution in [-0.2, 0) is 9.59 Å². The third-order valence-corrected chi connectivity index (χ3v) is 4.49. The van der Waals surface area contributed by atoms with Crippen molar-refractivity contribution < 1.29 is 14.7 Å². The monoisotopic (exact) mass is 274 g/mol. The van der Waals surface area contributed by atoms with Crippen molar-refractivity contribution in [3.8, 4) is 0 Å². The molecule has 0 bridgehead atoms. The predicted molar refractivity (Wildman–Crippen MR) is 77.6 cm³/mol. The largest absolute Gasteiger partial charge is 0.481 e. The zero-order valence-electron chi connectivity index (χ0n) is 12.1. The molecule has 1 fully saturated rings. The van der Waals surface area contributed by atoms with Crippen molar-refractivity contribution in [3.05, 3.63) is 35.9 Å². The van der Waals surface area contributed by atoms with Gasteiger partial charge in [-0.25, -0.2) is 0 Å². The maximum absolute atomic E-state index is 12.3. The Morgan fingerprint density at radius 3 is 2.45 bits per heavy atom. The summed E-state index contributed by atoms with van der Waals surface area (Å²) < 4.78 is 0. The van der Waals surface area contributed by atoms with Crippen molar-refractivity contribution in [2.45, 2.75) is 45.4 Å². The van der Waals surface area contributed by atoms with Gasteiger partial charge in [0.25, 0.3) is 0 Å². The maximum Gasteiger partial charge on any atom is 0.309 e. The molecule has 0 spiro atoms. The van der Waals surface area contributed by atoms with Crippen molar-refractivity contribution in [1.82, 2.24) is 0 Å². The first-order valence-electron chi connectivity index (χ1n) is 7.25.